The average molecular weight is 565 g/mol. The number of hydrogen-bond acceptors (Lipinski definition) is 8. The van der Waals surface area contributed by atoms with Crippen LogP contribution in [0.15, 0.2) is 96.1 Å². The molecule has 0 radical (unpaired) electrons. The number of nitro benzene ring substituents is 1. The maximum Gasteiger partial charge on any atom is 0.343 e. The van der Waals surface area contributed by atoms with Gasteiger partial charge in [-0.25, -0.2) is 10.2 Å². The van der Waals surface area contributed by atoms with E-state index < -0.39 is 16.8 Å². The topological polar surface area (TPSA) is 145 Å². The van der Waals surface area contributed by atoms with Crippen molar-refractivity contribution in [2.75, 3.05) is 14.2 Å². The van der Waals surface area contributed by atoms with Crippen molar-refractivity contribution in [3.63, 3.8) is 0 Å². The van der Waals surface area contributed by atoms with E-state index in [-0.39, 0.29) is 22.7 Å². The van der Waals surface area contributed by atoms with Gasteiger partial charge >= 0.3 is 5.97 Å². The Hall–Kier alpha value is -5.97. The SMILES string of the molecule is COc1cc(C=NNC(=O)c2[nH]c3c(OC)cccc3c2-c2ccccc2)ccc1OC(=O)c1ccc([N+](=O)[O-])cc1. The molecule has 1 aromatic heterocycles. The first kappa shape index (κ1) is 27.6. The summed E-state index contributed by atoms with van der Waals surface area (Å²) in [7, 11) is 2.98. The van der Waals surface area contributed by atoms with Crippen molar-refractivity contribution in [3.05, 3.63) is 118 Å². The first-order valence-electron chi connectivity index (χ1n) is 12.6. The number of rotatable bonds is 9. The van der Waals surface area contributed by atoms with Crippen molar-refractivity contribution < 1.29 is 28.7 Å². The second kappa shape index (κ2) is 12.0. The smallest absolute Gasteiger partial charge is 0.343 e. The quantitative estimate of drug-likeness (QED) is 0.0763. The summed E-state index contributed by atoms with van der Waals surface area (Å²) in [5.41, 5.74) is 5.71. The number of methoxy groups -OCH3 is 2. The minimum Gasteiger partial charge on any atom is -0.495 e. The molecule has 11 nitrogen and oxygen atoms in total. The number of benzene rings is 4. The molecule has 0 aliphatic carbocycles. The van der Waals surface area contributed by atoms with Crippen LogP contribution in [0.3, 0.4) is 0 Å². The number of amides is 1. The van der Waals surface area contributed by atoms with Crippen molar-refractivity contribution in [1.82, 2.24) is 10.4 Å². The Bertz CT molecular complexity index is 1810. The molecular formula is C31H24N4O7. The van der Waals surface area contributed by atoms with E-state index in [1.807, 2.05) is 48.5 Å². The molecule has 5 aromatic rings. The Morgan fingerprint density at radius 1 is 0.881 bits per heavy atom. The molecule has 0 aliphatic rings. The summed E-state index contributed by atoms with van der Waals surface area (Å²) in [6.45, 7) is 0. The number of carbonyl (C=O) groups excluding carboxylic acids is 2. The highest BCUT2D eigenvalue weighted by atomic mass is 16.6. The summed E-state index contributed by atoms with van der Waals surface area (Å²) >= 11 is 0. The van der Waals surface area contributed by atoms with Gasteiger partial charge in [0.2, 0.25) is 0 Å². The molecule has 0 aliphatic heterocycles. The third-order valence-corrected chi connectivity index (χ3v) is 6.39. The van der Waals surface area contributed by atoms with Crippen LogP contribution in [-0.2, 0) is 0 Å². The maximum absolute atomic E-state index is 13.3. The second-order valence-corrected chi connectivity index (χ2v) is 8.93. The van der Waals surface area contributed by atoms with Crippen molar-refractivity contribution in [2.24, 2.45) is 5.10 Å². The predicted molar refractivity (Wildman–Crippen MR) is 156 cm³/mol. The van der Waals surface area contributed by atoms with Gasteiger partial charge in [-0.2, -0.15) is 5.10 Å². The molecule has 1 amide bonds. The van der Waals surface area contributed by atoms with Crippen LogP contribution in [0.25, 0.3) is 22.0 Å². The lowest BCUT2D eigenvalue weighted by Crippen LogP contribution is -2.18. The molecule has 2 N–H and O–H groups in total. The molecule has 1 heterocycles. The van der Waals surface area contributed by atoms with Crippen molar-refractivity contribution in [1.29, 1.82) is 0 Å². The van der Waals surface area contributed by atoms with Gasteiger partial charge in [-0.15, -0.1) is 0 Å². The van der Waals surface area contributed by atoms with Crippen LogP contribution in [-0.4, -0.2) is 42.2 Å². The van der Waals surface area contributed by atoms with E-state index in [4.69, 9.17) is 14.2 Å². The van der Waals surface area contributed by atoms with Crippen LogP contribution in [0.2, 0.25) is 0 Å². The number of carbonyl (C=O) groups is 2. The van der Waals surface area contributed by atoms with Crippen LogP contribution in [0.1, 0.15) is 26.4 Å². The number of aromatic amines is 1. The zero-order valence-electron chi connectivity index (χ0n) is 22.5. The molecule has 210 valence electrons. The zero-order valence-corrected chi connectivity index (χ0v) is 22.5. The standard InChI is InChI=1S/C31H24N4O7/c1-40-25-10-6-9-23-27(20-7-4-3-5-8-20)29(33-28(23)25)30(36)34-32-18-19-11-16-24(26(17-19)41-2)42-31(37)21-12-14-22(15-13-21)35(38)39/h3-18,33H,1-2H3,(H,34,36). The van der Waals surface area contributed by atoms with Crippen LogP contribution < -0.4 is 19.6 Å². The predicted octanol–water partition coefficient (Wildman–Crippen LogP) is 5.74. The number of esters is 1. The molecular weight excluding hydrogens is 540 g/mol. The largest absolute Gasteiger partial charge is 0.495 e. The van der Waals surface area contributed by atoms with Gasteiger partial charge in [-0.1, -0.05) is 42.5 Å². The fourth-order valence-corrected chi connectivity index (χ4v) is 4.38. The third-order valence-electron chi connectivity index (χ3n) is 6.39. The normalized spacial score (nSPS) is 10.9. The molecule has 11 heteroatoms. The molecule has 0 spiro atoms. The lowest BCUT2D eigenvalue weighted by Gasteiger charge is -2.10. The van der Waals surface area contributed by atoms with Crippen molar-refractivity contribution >= 4 is 34.7 Å². The second-order valence-electron chi connectivity index (χ2n) is 8.93. The maximum atomic E-state index is 13.3. The number of aromatic nitrogens is 1. The highest BCUT2D eigenvalue weighted by Crippen LogP contribution is 2.36. The highest BCUT2D eigenvalue weighted by molar-refractivity contribution is 6.11. The Labute approximate surface area is 239 Å². The molecule has 5 rings (SSSR count). The minimum atomic E-state index is -0.707. The molecule has 0 unspecified atom stereocenters. The number of nitrogens with zero attached hydrogens (tertiary/aromatic N) is 2. The van der Waals surface area contributed by atoms with E-state index in [2.05, 4.69) is 15.5 Å². The Balaban J connectivity index is 1.34. The molecule has 42 heavy (non-hydrogen) atoms. The first-order chi connectivity index (χ1) is 20.4. The molecule has 0 fully saturated rings. The van der Waals surface area contributed by atoms with Gasteiger partial charge in [0.15, 0.2) is 11.5 Å². The van der Waals surface area contributed by atoms with Gasteiger partial charge in [0.05, 0.1) is 36.4 Å². The monoisotopic (exact) mass is 564 g/mol. The van der Waals surface area contributed by atoms with E-state index in [0.29, 0.717) is 22.5 Å². The number of nitrogens with one attached hydrogen (secondary N) is 2. The summed E-state index contributed by atoms with van der Waals surface area (Å²) in [6, 6.07) is 24.9. The first-order valence-corrected chi connectivity index (χ1v) is 12.6. The number of hydrazone groups is 1. The van der Waals surface area contributed by atoms with Gasteiger partial charge in [0, 0.05) is 23.1 Å². The lowest BCUT2D eigenvalue weighted by atomic mass is 10.0. The van der Waals surface area contributed by atoms with Gasteiger partial charge in [0.1, 0.15) is 11.4 Å². The highest BCUT2D eigenvalue weighted by Gasteiger charge is 2.21. The summed E-state index contributed by atoms with van der Waals surface area (Å²) in [5, 5.41) is 15.8. The van der Waals surface area contributed by atoms with Crippen molar-refractivity contribution in [3.8, 4) is 28.4 Å². The summed E-state index contributed by atoms with van der Waals surface area (Å²) in [5.74, 6) is -0.171. The van der Waals surface area contributed by atoms with E-state index in [9.17, 15) is 19.7 Å². The molecule has 0 bridgehead atoms. The summed E-state index contributed by atoms with van der Waals surface area (Å²) < 4.78 is 16.3. The number of fused-ring (bicyclic) bond motifs is 1. The van der Waals surface area contributed by atoms with E-state index in [1.165, 1.54) is 43.7 Å². The number of nitro groups is 1. The Morgan fingerprint density at radius 2 is 1.62 bits per heavy atom. The van der Waals surface area contributed by atoms with Crippen molar-refractivity contribution in [2.45, 2.75) is 0 Å². The van der Waals surface area contributed by atoms with Gasteiger partial charge in [0.25, 0.3) is 11.6 Å². The van der Waals surface area contributed by atoms with Crippen LogP contribution in [0, 0.1) is 10.1 Å². The molecule has 0 saturated carbocycles. The number of ether oxygens (including phenoxy) is 3. The van der Waals surface area contributed by atoms with E-state index >= 15 is 0 Å². The number of non-ortho nitro benzene ring substituents is 1. The lowest BCUT2D eigenvalue weighted by molar-refractivity contribution is -0.384. The molecule has 0 atom stereocenters. The third kappa shape index (κ3) is 5.65. The van der Waals surface area contributed by atoms with Crippen LogP contribution in [0.5, 0.6) is 17.2 Å². The zero-order chi connectivity index (χ0) is 29.6. The van der Waals surface area contributed by atoms with Gasteiger partial charge in [-0.3, -0.25) is 14.9 Å². The Kier molecular flexibility index (Phi) is 7.91. The minimum absolute atomic E-state index is 0.139. The van der Waals surface area contributed by atoms with Crippen LogP contribution >= 0.6 is 0 Å². The average Bonchev–Trinajstić information content (AvgIpc) is 3.42. The van der Waals surface area contributed by atoms with Gasteiger partial charge in [-0.05, 0) is 47.5 Å². The summed E-state index contributed by atoms with van der Waals surface area (Å²) in [4.78, 5) is 39.3. The molecule has 0 saturated heterocycles. The molecule has 4 aromatic carbocycles. The fraction of sp³-hybridized carbons (Fsp3) is 0.0645. The fourth-order valence-electron chi connectivity index (χ4n) is 4.38. The number of hydrogen-bond donors (Lipinski definition) is 2. The Morgan fingerprint density at radius 3 is 2.31 bits per heavy atom. The number of H-pyrrole nitrogens is 1. The summed E-state index contributed by atoms with van der Waals surface area (Å²) in [6.07, 6.45) is 1.42. The van der Waals surface area contributed by atoms with E-state index in [0.717, 1.165) is 16.5 Å². The van der Waals surface area contributed by atoms with E-state index in [1.54, 1.807) is 19.2 Å². The van der Waals surface area contributed by atoms with Crippen LogP contribution in [0.4, 0.5) is 5.69 Å². The number of para-hydroxylation sites is 1. The van der Waals surface area contributed by atoms with Gasteiger partial charge < -0.3 is 19.2 Å².